The molecular weight excluding hydrogens is 248 g/mol. The summed E-state index contributed by atoms with van der Waals surface area (Å²) in [5.74, 6) is 1.61. The molecule has 0 amide bonds. The van der Waals surface area contributed by atoms with Crippen molar-refractivity contribution in [3.8, 4) is 0 Å². The lowest BCUT2D eigenvalue weighted by Crippen LogP contribution is -2.19. The number of pyridine rings is 1. The highest BCUT2D eigenvalue weighted by molar-refractivity contribution is 6.30. The smallest absolute Gasteiger partial charge is 0.243 e. The summed E-state index contributed by atoms with van der Waals surface area (Å²) in [5, 5.41) is 8.49. The van der Waals surface area contributed by atoms with Crippen LogP contribution in [0.4, 0.5) is 5.95 Å². The Morgan fingerprint density at radius 3 is 3.06 bits per heavy atom. The summed E-state index contributed by atoms with van der Waals surface area (Å²) < 4.78 is 1.72. The Labute approximate surface area is 111 Å². The van der Waals surface area contributed by atoms with Crippen molar-refractivity contribution in [1.29, 1.82) is 0 Å². The number of halogens is 1. The van der Waals surface area contributed by atoms with E-state index >= 15 is 0 Å². The molecule has 5 heteroatoms. The van der Waals surface area contributed by atoms with Gasteiger partial charge in [-0.3, -0.25) is 0 Å². The molecule has 0 radical (unpaired) electrons. The molecule has 18 heavy (non-hydrogen) atoms. The van der Waals surface area contributed by atoms with Crippen molar-refractivity contribution >= 4 is 23.2 Å². The fourth-order valence-corrected chi connectivity index (χ4v) is 2.34. The normalized spacial score (nSPS) is 17.0. The summed E-state index contributed by atoms with van der Waals surface area (Å²) in [4.78, 5) is 4.45. The predicted molar refractivity (Wildman–Crippen MR) is 73.0 cm³/mol. The molecule has 96 valence electrons. The van der Waals surface area contributed by atoms with E-state index in [0.29, 0.717) is 17.0 Å². The first-order valence-electron chi connectivity index (χ1n) is 6.53. The van der Waals surface area contributed by atoms with E-state index in [1.54, 1.807) is 10.7 Å². The Hall–Kier alpha value is -1.29. The van der Waals surface area contributed by atoms with E-state index in [-0.39, 0.29) is 0 Å². The van der Waals surface area contributed by atoms with Crippen LogP contribution >= 0.6 is 11.6 Å². The van der Waals surface area contributed by atoms with Gasteiger partial charge in [-0.15, -0.1) is 5.10 Å². The van der Waals surface area contributed by atoms with Crippen molar-refractivity contribution in [3.63, 3.8) is 0 Å². The summed E-state index contributed by atoms with van der Waals surface area (Å²) >= 11 is 5.93. The molecule has 1 fully saturated rings. The molecule has 2 aromatic rings. The molecule has 4 nitrogen and oxygen atoms in total. The van der Waals surface area contributed by atoms with Crippen LogP contribution in [0.1, 0.15) is 32.6 Å². The van der Waals surface area contributed by atoms with E-state index in [9.17, 15) is 0 Å². The van der Waals surface area contributed by atoms with Crippen LogP contribution < -0.4 is 5.32 Å². The van der Waals surface area contributed by atoms with Gasteiger partial charge in [0.2, 0.25) is 5.95 Å². The van der Waals surface area contributed by atoms with E-state index in [1.165, 1.54) is 19.3 Å². The van der Waals surface area contributed by atoms with Gasteiger partial charge in [0, 0.05) is 12.2 Å². The second-order valence-electron chi connectivity index (χ2n) is 5.01. The first-order valence-corrected chi connectivity index (χ1v) is 6.91. The van der Waals surface area contributed by atoms with Crippen LogP contribution in [0, 0.1) is 5.92 Å². The maximum atomic E-state index is 5.93. The van der Waals surface area contributed by atoms with Crippen LogP contribution in [-0.4, -0.2) is 20.6 Å². The highest BCUT2D eigenvalue weighted by Gasteiger charge is 2.25. The second kappa shape index (κ2) is 4.76. The van der Waals surface area contributed by atoms with Crippen molar-refractivity contribution in [3.05, 3.63) is 23.4 Å². The molecule has 0 saturated heterocycles. The van der Waals surface area contributed by atoms with E-state index in [4.69, 9.17) is 11.6 Å². The van der Waals surface area contributed by atoms with Crippen LogP contribution in [0.3, 0.4) is 0 Å². The van der Waals surface area contributed by atoms with Gasteiger partial charge in [0.15, 0.2) is 5.65 Å². The number of nitrogens with one attached hydrogen (secondary N) is 1. The zero-order valence-electron chi connectivity index (χ0n) is 10.4. The Kier molecular flexibility index (Phi) is 3.12. The molecule has 1 unspecified atom stereocenters. The summed E-state index contributed by atoms with van der Waals surface area (Å²) in [6, 6.07) is 4.18. The topological polar surface area (TPSA) is 42.2 Å². The lowest BCUT2D eigenvalue weighted by Gasteiger charge is -2.14. The van der Waals surface area contributed by atoms with Crippen LogP contribution in [0.5, 0.6) is 0 Å². The quantitative estimate of drug-likeness (QED) is 0.900. The second-order valence-corrected chi connectivity index (χ2v) is 5.45. The van der Waals surface area contributed by atoms with Gasteiger partial charge in [0.05, 0.1) is 5.02 Å². The van der Waals surface area contributed by atoms with Crippen molar-refractivity contribution in [2.45, 2.75) is 38.6 Å². The van der Waals surface area contributed by atoms with Crippen LogP contribution in [-0.2, 0) is 0 Å². The number of nitrogens with zero attached hydrogens (tertiary/aromatic N) is 3. The fraction of sp³-hybridized carbons (Fsp3) is 0.538. The number of anilines is 1. The zero-order valence-corrected chi connectivity index (χ0v) is 11.2. The molecule has 0 bridgehead atoms. The molecule has 1 N–H and O–H groups in total. The summed E-state index contributed by atoms with van der Waals surface area (Å²) in [6.07, 6.45) is 6.87. The molecule has 0 aliphatic heterocycles. The lowest BCUT2D eigenvalue weighted by atomic mass is 10.1. The van der Waals surface area contributed by atoms with E-state index in [1.807, 2.05) is 12.1 Å². The Morgan fingerprint density at radius 2 is 2.33 bits per heavy atom. The van der Waals surface area contributed by atoms with Crippen LogP contribution in [0.15, 0.2) is 18.3 Å². The molecule has 0 spiro atoms. The third-order valence-corrected chi connectivity index (χ3v) is 3.66. The van der Waals surface area contributed by atoms with Gasteiger partial charge in [-0.05, 0) is 30.9 Å². The van der Waals surface area contributed by atoms with Gasteiger partial charge in [-0.2, -0.15) is 4.98 Å². The highest BCUT2D eigenvalue weighted by atomic mass is 35.5. The minimum absolute atomic E-state index is 0.477. The van der Waals surface area contributed by atoms with Crippen molar-refractivity contribution in [2.75, 3.05) is 5.32 Å². The minimum Gasteiger partial charge on any atom is -0.350 e. The molecule has 1 atom stereocenters. The first-order chi connectivity index (χ1) is 8.74. The maximum absolute atomic E-state index is 5.93. The molecule has 0 aromatic carbocycles. The third kappa shape index (κ3) is 2.58. The van der Waals surface area contributed by atoms with E-state index in [2.05, 4.69) is 22.3 Å². The monoisotopic (exact) mass is 264 g/mol. The summed E-state index contributed by atoms with van der Waals surface area (Å²) in [6.45, 7) is 2.20. The Balaban J connectivity index is 1.76. The number of aromatic nitrogens is 3. The van der Waals surface area contributed by atoms with E-state index in [0.717, 1.165) is 18.0 Å². The predicted octanol–water partition coefficient (Wildman–Crippen LogP) is 3.37. The fourth-order valence-electron chi connectivity index (χ4n) is 2.19. The van der Waals surface area contributed by atoms with Crippen molar-refractivity contribution in [2.24, 2.45) is 5.92 Å². The molecule has 1 aliphatic rings. The molecular formula is C13H17ClN4. The maximum Gasteiger partial charge on any atom is 0.243 e. The van der Waals surface area contributed by atoms with Crippen molar-refractivity contribution < 1.29 is 0 Å². The number of hydrogen-bond acceptors (Lipinski definition) is 3. The average molecular weight is 265 g/mol. The molecule has 1 saturated carbocycles. The molecule has 3 rings (SSSR count). The van der Waals surface area contributed by atoms with Gasteiger partial charge >= 0.3 is 0 Å². The van der Waals surface area contributed by atoms with Gasteiger partial charge in [-0.25, -0.2) is 4.52 Å². The van der Waals surface area contributed by atoms with Crippen LogP contribution in [0.25, 0.3) is 5.65 Å². The van der Waals surface area contributed by atoms with Gasteiger partial charge in [0.25, 0.3) is 0 Å². The Bertz CT molecular complexity index is 547. The van der Waals surface area contributed by atoms with Crippen LogP contribution in [0.2, 0.25) is 5.02 Å². The molecule has 2 aromatic heterocycles. The zero-order chi connectivity index (χ0) is 12.5. The number of hydrogen-bond donors (Lipinski definition) is 1. The minimum atomic E-state index is 0.477. The largest absolute Gasteiger partial charge is 0.350 e. The van der Waals surface area contributed by atoms with Crippen molar-refractivity contribution in [1.82, 2.24) is 14.6 Å². The number of rotatable bonds is 5. The average Bonchev–Trinajstić information content (AvgIpc) is 3.07. The third-order valence-electron chi connectivity index (χ3n) is 3.44. The number of fused-ring (bicyclic) bond motifs is 1. The lowest BCUT2D eigenvalue weighted by molar-refractivity contribution is 0.583. The summed E-state index contributed by atoms with van der Waals surface area (Å²) in [5.41, 5.74) is 0.822. The molecule has 1 aliphatic carbocycles. The van der Waals surface area contributed by atoms with Gasteiger partial charge in [0.1, 0.15) is 0 Å². The SMILES string of the molecule is CCC(CC1CC1)Nc1nc2ccc(Cl)cn2n1. The standard InChI is InChI=1S/C13H17ClN4/c1-2-11(7-9-3-4-9)15-13-16-12-6-5-10(14)8-18(12)17-13/h5-6,8-9,11H,2-4,7H2,1H3,(H,15,17). The highest BCUT2D eigenvalue weighted by Crippen LogP contribution is 2.34. The first kappa shape index (κ1) is 11.8. The van der Waals surface area contributed by atoms with Gasteiger partial charge < -0.3 is 5.32 Å². The van der Waals surface area contributed by atoms with Gasteiger partial charge in [-0.1, -0.05) is 31.4 Å². The molecule has 2 heterocycles. The Morgan fingerprint density at radius 1 is 1.50 bits per heavy atom. The summed E-state index contributed by atoms with van der Waals surface area (Å²) in [7, 11) is 0. The van der Waals surface area contributed by atoms with E-state index < -0.39 is 0 Å².